The van der Waals surface area contributed by atoms with Gasteiger partial charge in [-0.3, -0.25) is 10.8 Å². The number of halogens is 7. The van der Waals surface area contributed by atoms with Crippen molar-refractivity contribution in [3.8, 4) is 17.6 Å². The van der Waals surface area contributed by atoms with Crippen LogP contribution in [0.1, 0.15) is 5.56 Å². The first-order valence-corrected chi connectivity index (χ1v) is 8.04. The van der Waals surface area contributed by atoms with Gasteiger partial charge in [0.1, 0.15) is 11.8 Å². The molecule has 13 heteroatoms. The number of hydrogen-bond acceptors (Lipinski definition) is 5. The zero-order chi connectivity index (χ0) is 21.9. The van der Waals surface area contributed by atoms with Gasteiger partial charge in [-0.1, -0.05) is 0 Å². The minimum atomic E-state index is -4.97. The largest absolute Gasteiger partial charge is 0.450 e. The van der Waals surface area contributed by atoms with Crippen molar-refractivity contribution >= 4 is 33.2 Å². The maximum absolute atomic E-state index is 14.2. The van der Waals surface area contributed by atoms with Gasteiger partial charge in [-0.15, -0.1) is 0 Å². The van der Waals surface area contributed by atoms with E-state index in [0.717, 1.165) is 6.07 Å². The second kappa shape index (κ2) is 8.39. The molecule has 0 aliphatic heterocycles. The molecule has 0 atom stereocenters. The quantitative estimate of drug-likeness (QED) is 0.245. The fraction of sp³-hybridized carbons (Fsp3) is 0.0625. The Balaban J connectivity index is 2.36. The zero-order valence-electron chi connectivity index (χ0n) is 13.8. The molecule has 152 valence electrons. The summed E-state index contributed by atoms with van der Waals surface area (Å²) in [6, 6.07) is 3.26. The highest BCUT2D eigenvalue weighted by Crippen LogP contribution is 2.38. The standard InChI is InChI=1S/C16H8BrF6N5O/c17-7-3-11(27-28-12(5-24)15(25)26)8(18)4-13(7)29-14-9(19)1-6(2-10(14)20)16(21,22)23/h1-4,27H,(H3,25,26)/b28-12+. The predicted octanol–water partition coefficient (Wildman–Crippen LogP) is 4.90. The van der Waals surface area contributed by atoms with Gasteiger partial charge in [-0.2, -0.15) is 23.5 Å². The highest BCUT2D eigenvalue weighted by Gasteiger charge is 2.33. The number of ether oxygens (including phenoxy) is 1. The van der Waals surface area contributed by atoms with Crippen molar-refractivity contribution in [3.63, 3.8) is 0 Å². The fourth-order valence-electron chi connectivity index (χ4n) is 1.89. The van der Waals surface area contributed by atoms with E-state index < -0.39 is 52.2 Å². The Labute approximate surface area is 167 Å². The maximum atomic E-state index is 14.2. The summed E-state index contributed by atoms with van der Waals surface area (Å²) in [5.74, 6) is -6.64. The van der Waals surface area contributed by atoms with E-state index in [-0.39, 0.29) is 22.3 Å². The summed E-state index contributed by atoms with van der Waals surface area (Å²) in [7, 11) is 0. The summed E-state index contributed by atoms with van der Waals surface area (Å²) in [6.07, 6.45) is -4.97. The molecule has 0 bridgehead atoms. The third-order valence-electron chi connectivity index (χ3n) is 3.21. The van der Waals surface area contributed by atoms with Crippen molar-refractivity contribution in [2.75, 3.05) is 5.43 Å². The molecular weight excluding hydrogens is 472 g/mol. The molecule has 0 saturated carbocycles. The third kappa shape index (κ3) is 5.17. The van der Waals surface area contributed by atoms with Crippen LogP contribution in [0.4, 0.5) is 32.0 Å². The Bertz CT molecular complexity index is 1020. The van der Waals surface area contributed by atoms with Crippen molar-refractivity contribution < 1.29 is 31.1 Å². The Hall–Kier alpha value is -3.27. The van der Waals surface area contributed by atoms with E-state index >= 15 is 0 Å². The summed E-state index contributed by atoms with van der Waals surface area (Å²) >= 11 is 2.95. The number of nitrogens with two attached hydrogens (primary N) is 1. The molecule has 6 nitrogen and oxygen atoms in total. The predicted molar refractivity (Wildman–Crippen MR) is 94.1 cm³/mol. The molecule has 0 heterocycles. The normalized spacial score (nSPS) is 11.7. The summed E-state index contributed by atoms with van der Waals surface area (Å²) in [4.78, 5) is 0. The van der Waals surface area contributed by atoms with Crippen LogP contribution >= 0.6 is 15.9 Å². The van der Waals surface area contributed by atoms with Crippen LogP contribution in [0.25, 0.3) is 0 Å². The number of rotatable bonds is 5. The van der Waals surface area contributed by atoms with Gasteiger partial charge in [0.2, 0.25) is 5.71 Å². The zero-order valence-corrected chi connectivity index (χ0v) is 15.4. The first-order chi connectivity index (χ1) is 13.4. The van der Waals surface area contributed by atoms with Crippen LogP contribution in [0, 0.1) is 34.2 Å². The summed E-state index contributed by atoms with van der Waals surface area (Å²) in [5.41, 5.74) is 4.80. The number of nitrogens with one attached hydrogen (secondary N) is 2. The number of hydrogen-bond donors (Lipinski definition) is 3. The van der Waals surface area contributed by atoms with Gasteiger partial charge >= 0.3 is 6.18 Å². The summed E-state index contributed by atoms with van der Waals surface area (Å²) in [5, 5.41) is 19.2. The first kappa shape index (κ1) is 22.0. The van der Waals surface area contributed by atoms with Gasteiger partial charge < -0.3 is 10.5 Å². The van der Waals surface area contributed by atoms with Gasteiger partial charge in [0.25, 0.3) is 0 Å². The number of nitriles is 1. The number of hydrazone groups is 1. The first-order valence-electron chi connectivity index (χ1n) is 7.25. The highest BCUT2D eigenvalue weighted by atomic mass is 79.9. The van der Waals surface area contributed by atoms with Crippen molar-refractivity contribution in [3.05, 3.63) is 51.8 Å². The fourth-order valence-corrected chi connectivity index (χ4v) is 2.31. The highest BCUT2D eigenvalue weighted by molar-refractivity contribution is 9.10. The Morgan fingerprint density at radius 3 is 2.21 bits per heavy atom. The molecule has 29 heavy (non-hydrogen) atoms. The van der Waals surface area contributed by atoms with Crippen molar-refractivity contribution in [2.45, 2.75) is 6.18 Å². The van der Waals surface area contributed by atoms with Crippen LogP contribution in [0.15, 0.2) is 33.8 Å². The van der Waals surface area contributed by atoms with Gasteiger partial charge in [-0.05, 0) is 34.1 Å². The summed E-state index contributed by atoms with van der Waals surface area (Å²) < 4.78 is 84.5. The summed E-state index contributed by atoms with van der Waals surface area (Å²) in [6.45, 7) is 0. The maximum Gasteiger partial charge on any atom is 0.416 e. The lowest BCUT2D eigenvalue weighted by molar-refractivity contribution is -0.138. The number of nitrogens with zero attached hydrogens (tertiary/aromatic N) is 2. The molecule has 0 spiro atoms. The lowest BCUT2D eigenvalue weighted by atomic mass is 10.2. The van der Waals surface area contributed by atoms with E-state index in [9.17, 15) is 26.3 Å². The number of amidine groups is 1. The van der Waals surface area contributed by atoms with Gasteiger partial charge in [0.15, 0.2) is 29.0 Å². The second-order valence-electron chi connectivity index (χ2n) is 5.23. The molecule has 0 radical (unpaired) electrons. The van der Waals surface area contributed by atoms with Gasteiger partial charge in [-0.25, -0.2) is 13.2 Å². The van der Waals surface area contributed by atoms with Crippen molar-refractivity contribution in [2.24, 2.45) is 10.8 Å². The minimum Gasteiger partial charge on any atom is -0.450 e. The molecule has 2 aromatic carbocycles. The molecule has 0 unspecified atom stereocenters. The van der Waals surface area contributed by atoms with Crippen LogP contribution < -0.4 is 15.9 Å². The topological polar surface area (TPSA) is 107 Å². The van der Waals surface area contributed by atoms with Crippen LogP contribution in [0.5, 0.6) is 11.5 Å². The van der Waals surface area contributed by atoms with Crippen LogP contribution in [-0.4, -0.2) is 11.5 Å². The van der Waals surface area contributed by atoms with Crippen molar-refractivity contribution in [1.29, 1.82) is 10.7 Å². The van der Waals surface area contributed by atoms with E-state index in [1.807, 2.05) is 0 Å². The lowest BCUT2D eigenvalue weighted by Crippen LogP contribution is -2.22. The Kier molecular flexibility index (Phi) is 6.38. The van der Waals surface area contributed by atoms with Crippen LogP contribution in [0.3, 0.4) is 0 Å². The second-order valence-corrected chi connectivity index (χ2v) is 6.08. The van der Waals surface area contributed by atoms with E-state index in [1.54, 1.807) is 0 Å². The smallest absolute Gasteiger partial charge is 0.416 e. The Morgan fingerprint density at radius 2 is 1.72 bits per heavy atom. The monoisotopic (exact) mass is 479 g/mol. The van der Waals surface area contributed by atoms with Crippen molar-refractivity contribution in [1.82, 2.24) is 0 Å². The molecule has 2 rings (SSSR count). The molecule has 0 saturated heterocycles. The van der Waals surface area contributed by atoms with E-state index in [1.165, 1.54) is 6.07 Å². The SMILES string of the molecule is N#C/C(=N\Nc1cc(Br)c(Oc2c(F)cc(C(F)(F)F)cc2F)cc1F)C(=N)N. The lowest BCUT2D eigenvalue weighted by Gasteiger charge is -2.13. The minimum absolute atomic E-state index is 0.0402. The van der Waals surface area contributed by atoms with Crippen LogP contribution in [0.2, 0.25) is 0 Å². The number of anilines is 1. The molecular formula is C16H8BrF6N5O. The van der Waals surface area contributed by atoms with Gasteiger partial charge in [0, 0.05) is 6.07 Å². The number of alkyl halides is 3. The van der Waals surface area contributed by atoms with E-state index in [0.29, 0.717) is 6.07 Å². The molecule has 0 aliphatic carbocycles. The van der Waals surface area contributed by atoms with Crippen LogP contribution in [-0.2, 0) is 6.18 Å². The average molecular weight is 480 g/mol. The molecule has 0 fully saturated rings. The number of benzene rings is 2. The van der Waals surface area contributed by atoms with Gasteiger partial charge in [0.05, 0.1) is 15.7 Å². The third-order valence-corrected chi connectivity index (χ3v) is 3.83. The molecule has 0 aliphatic rings. The van der Waals surface area contributed by atoms with E-state index in [4.69, 9.17) is 21.1 Å². The average Bonchev–Trinajstić information content (AvgIpc) is 2.60. The molecule has 0 aromatic heterocycles. The molecule has 2 aromatic rings. The van der Waals surface area contributed by atoms with E-state index in [2.05, 4.69) is 26.5 Å². The molecule has 0 amide bonds. The molecule has 4 N–H and O–H groups in total. The Morgan fingerprint density at radius 1 is 1.14 bits per heavy atom.